The fraction of sp³-hybridized carbons (Fsp3) is 0.400. The average molecular weight is 336 g/mol. The van der Waals surface area contributed by atoms with Crippen LogP contribution in [0.15, 0.2) is 18.2 Å². The molecule has 0 bridgehead atoms. The lowest BCUT2D eigenvalue weighted by molar-refractivity contribution is -0.127. The molecule has 3 rings (SSSR count). The number of Topliss-reactive ketones (excluding diaryl/α,β-unsaturated/α-hetero) is 1. The molecule has 0 spiro atoms. The number of ketones is 1. The highest BCUT2D eigenvalue weighted by Crippen LogP contribution is 2.29. The first kappa shape index (κ1) is 16.2. The molecule has 1 atom stereocenters. The standard InChI is InChI=1S/C15H15FN3O5/c1-9(20)19(23)8-12-7-18(15(22)24-12)10-2-3-14(13(16)4-10)17-5-11(21)6-17/h2-4,12H,5-8H2,1H3/q-1. The molecule has 0 aromatic heterocycles. The summed E-state index contributed by atoms with van der Waals surface area (Å²) in [6.45, 7) is 1.25. The van der Waals surface area contributed by atoms with E-state index in [-0.39, 0.29) is 42.7 Å². The summed E-state index contributed by atoms with van der Waals surface area (Å²) < 4.78 is 19.2. The van der Waals surface area contributed by atoms with Crippen molar-refractivity contribution in [1.82, 2.24) is 5.06 Å². The van der Waals surface area contributed by atoms with Crippen molar-refractivity contribution < 1.29 is 23.5 Å². The molecular weight excluding hydrogens is 321 g/mol. The van der Waals surface area contributed by atoms with Crippen LogP contribution < -0.4 is 9.80 Å². The van der Waals surface area contributed by atoms with Gasteiger partial charge in [-0.25, -0.2) is 9.18 Å². The van der Waals surface area contributed by atoms with Gasteiger partial charge in [0.2, 0.25) is 5.91 Å². The van der Waals surface area contributed by atoms with Crippen LogP contribution in [0.25, 0.3) is 0 Å². The molecule has 2 fully saturated rings. The molecule has 0 N–H and O–H groups in total. The molecule has 0 saturated carbocycles. The Morgan fingerprint density at radius 3 is 2.71 bits per heavy atom. The highest BCUT2D eigenvalue weighted by atomic mass is 19.1. The molecular formula is C15H15FN3O5-. The Hall–Kier alpha value is -2.68. The van der Waals surface area contributed by atoms with Crippen LogP contribution in [0.2, 0.25) is 0 Å². The number of amides is 2. The predicted octanol–water partition coefficient (Wildman–Crippen LogP) is 0.886. The van der Waals surface area contributed by atoms with Gasteiger partial charge in [-0.05, 0) is 18.2 Å². The van der Waals surface area contributed by atoms with Gasteiger partial charge in [-0.3, -0.25) is 14.5 Å². The number of carbonyl (C=O) groups excluding carboxylic acids is 3. The number of carbonyl (C=O) groups is 3. The Morgan fingerprint density at radius 1 is 1.42 bits per heavy atom. The number of halogens is 1. The van der Waals surface area contributed by atoms with Gasteiger partial charge in [0.15, 0.2) is 5.78 Å². The molecule has 9 heteroatoms. The van der Waals surface area contributed by atoms with E-state index in [4.69, 9.17) is 4.74 Å². The topological polar surface area (TPSA) is 93.2 Å². The lowest BCUT2D eigenvalue weighted by atomic mass is 10.1. The van der Waals surface area contributed by atoms with Crippen molar-refractivity contribution in [3.05, 3.63) is 29.2 Å². The zero-order valence-corrected chi connectivity index (χ0v) is 12.9. The molecule has 2 amide bonds. The fourth-order valence-electron chi connectivity index (χ4n) is 2.61. The average Bonchev–Trinajstić information content (AvgIpc) is 2.84. The third kappa shape index (κ3) is 3.02. The van der Waals surface area contributed by atoms with Crippen molar-refractivity contribution in [3.8, 4) is 0 Å². The summed E-state index contributed by atoms with van der Waals surface area (Å²) in [5, 5.41) is 11.6. The van der Waals surface area contributed by atoms with Gasteiger partial charge in [0, 0.05) is 13.5 Å². The summed E-state index contributed by atoms with van der Waals surface area (Å²) in [4.78, 5) is 36.6. The molecule has 2 saturated heterocycles. The highest BCUT2D eigenvalue weighted by Gasteiger charge is 2.34. The molecule has 2 aliphatic heterocycles. The maximum atomic E-state index is 14.2. The van der Waals surface area contributed by atoms with Crippen LogP contribution >= 0.6 is 0 Å². The maximum Gasteiger partial charge on any atom is 0.414 e. The molecule has 8 nitrogen and oxygen atoms in total. The second-order valence-electron chi connectivity index (χ2n) is 5.73. The quantitative estimate of drug-likeness (QED) is 0.758. The van der Waals surface area contributed by atoms with E-state index in [9.17, 15) is 24.0 Å². The number of benzene rings is 1. The molecule has 0 radical (unpaired) electrons. The van der Waals surface area contributed by atoms with Crippen molar-refractivity contribution >= 4 is 29.2 Å². The van der Waals surface area contributed by atoms with Gasteiger partial charge in [-0.1, -0.05) is 0 Å². The Bertz CT molecular complexity index is 702. The molecule has 0 aliphatic carbocycles. The van der Waals surface area contributed by atoms with E-state index in [0.29, 0.717) is 5.69 Å². The van der Waals surface area contributed by atoms with E-state index in [2.05, 4.69) is 0 Å². The van der Waals surface area contributed by atoms with Gasteiger partial charge >= 0.3 is 6.09 Å². The van der Waals surface area contributed by atoms with Crippen LogP contribution in [0.5, 0.6) is 0 Å². The molecule has 2 aliphatic rings. The van der Waals surface area contributed by atoms with Crippen molar-refractivity contribution in [1.29, 1.82) is 0 Å². The first-order valence-corrected chi connectivity index (χ1v) is 7.34. The van der Waals surface area contributed by atoms with Crippen molar-refractivity contribution in [2.24, 2.45) is 0 Å². The second-order valence-corrected chi connectivity index (χ2v) is 5.73. The van der Waals surface area contributed by atoms with E-state index < -0.39 is 23.9 Å². The van der Waals surface area contributed by atoms with Crippen molar-refractivity contribution in [2.75, 3.05) is 36.0 Å². The van der Waals surface area contributed by atoms with E-state index in [1.807, 2.05) is 0 Å². The number of anilines is 2. The first-order chi connectivity index (χ1) is 11.3. The Labute approximate surface area is 136 Å². The van der Waals surface area contributed by atoms with E-state index in [1.54, 1.807) is 11.0 Å². The number of hydrogen-bond acceptors (Lipinski definition) is 6. The van der Waals surface area contributed by atoms with E-state index in [0.717, 1.165) is 6.92 Å². The monoisotopic (exact) mass is 336 g/mol. The summed E-state index contributed by atoms with van der Waals surface area (Å²) in [5.41, 5.74) is 0.584. The number of cyclic esters (lactones) is 1. The highest BCUT2D eigenvalue weighted by molar-refractivity contribution is 5.96. The van der Waals surface area contributed by atoms with Gasteiger partial charge in [0.25, 0.3) is 0 Å². The molecule has 1 aromatic rings. The van der Waals surface area contributed by atoms with Gasteiger partial charge in [-0.15, -0.1) is 0 Å². The Morgan fingerprint density at radius 2 is 2.12 bits per heavy atom. The van der Waals surface area contributed by atoms with Gasteiger partial charge < -0.3 is 19.9 Å². The number of nitrogens with zero attached hydrogens (tertiary/aromatic N) is 3. The summed E-state index contributed by atoms with van der Waals surface area (Å²) >= 11 is 0. The summed E-state index contributed by atoms with van der Waals surface area (Å²) in [5.74, 6) is -1.19. The van der Waals surface area contributed by atoms with Crippen LogP contribution in [0.1, 0.15) is 6.92 Å². The molecule has 2 heterocycles. The minimum absolute atomic E-state index is 0.0390. The first-order valence-electron chi connectivity index (χ1n) is 7.34. The largest absolute Gasteiger partial charge is 0.756 e. The number of hydroxylamine groups is 2. The smallest absolute Gasteiger partial charge is 0.414 e. The predicted molar refractivity (Wildman–Crippen MR) is 82.0 cm³/mol. The van der Waals surface area contributed by atoms with Crippen LogP contribution in [0.4, 0.5) is 20.6 Å². The SMILES string of the molecule is CC(=O)N([O-])CC1CN(c2ccc(N3CC(=O)C3)c(F)c2)C(=O)O1. The van der Waals surface area contributed by atoms with Crippen molar-refractivity contribution in [3.63, 3.8) is 0 Å². The van der Waals surface area contributed by atoms with Crippen LogP contribution in [-0.2, 0) is 14.3 Å². The zero-order chi connectivity index (χ0) is 17.4. The van der Waals surface area contributed by atoms with Gasteiger partial charge in [0.05, 0.1) is 31.0 Å². The normalized spacial score (nSPS) is 20.0. The maximum absolute atomic E-state index is 14.2. The van der Waals surface area contributed by atoms with Crippen molar-refractivity contribution in [2.45, 2.75) is 13.0 Å². The fourth-order valence-corrected chi connectivity index (χ4v) is 2.61. The third-order valence-corrected chi connectivity index (χ3v) is 3.91. The third-order valence-electron chi connectivity index (χ3n) is 3.91. The van der Waals surface area contributed by atoms with E-state index in [1.165, 1.54) is 17.0 Å². The molecule has 128 valence electrons. The lowest BCUT2D eigenvalue weighted by Gasteiger charge is -2.32. The van der Waals surface area contributed by atoms with Gasteiger partial charge in [0.1, 0.15) is 11.9 Å². The lowest BCUT2D eigenvalue weighted by Crippen LogP contribution is -2.47. The molecule has 24 heavy (non-hydrogen) atoms. The Kier molecular flexibility index (Phi) is 4.10. The van der Waals surface area contributed by atoms with Crippen LogP contribution in [-0.4, -0.2) is 55.1 Å². The van der Waals surface area contributed by atoms with Crippen LogP contribution in [0, 0.1) is 11.0 Å². The van der Waals surface area contributed by atoms with E-state index >= 15 is 0 Å². The van der Waals surface area contributed by atoms with Crippen LogP contribution in [0.3, 0.4) is 0 Å². The number of ether oxygens (including phenoxy) is 1. The zero-order valence-electron chi connectivity index (χ0n) is 12.9. The number of rotatable bonds is 4. The molecule has 1 aromatic carbocycles. The Balaban J connectivity index is 1.70. The summed E-state index contributed by atoms with van der Waals surface area (Å²) in [6.07, 6.45) is -1.47. The second kappa shape index (κ2) is 6.08. The molecule has 1 unspecified atom stereocenters. The summed E-state index contributed by atoms with van der Waals surface area (Å²) in [6, 6.07) is 4.22. The minimum atomic E-state index is -0.769. The number of hydrogen-bond donors (Lipinski definition) is 0. The van der Waals surface area contributed by atoms with Gasteiger partial charge in [-0.2, -0.15) is 0 Å². The minimum Gasteiger partial charge on any atom is -0.756 e. The summed E-state index contributed by atoms with van der Waals surface area (Å²) in [7, 11) is 0.